The number of aliphatic imine (C=N–C) groups is 1. The molecule has 1 heterocycles. The zero-order valence-electron chi connectivity index (χ0n) is 14.9. The molecule has 1 aromatic rings. The summed E-state index contributed by atoms with van der Waals surface area (Å²) in [6.07, 6.45) is 4.86. The number of hydrogen-bond acceptors (Lipinski definition) is 4. The molecule has 24 heavy (non-hydrogen) atoms. The normalized spacial score (nSPS) is 15.1. The van der Waals surface area contributed by atoms with E-state index in [0.717, 1.165) is 16.7 Å². The van der Waals surface area contributed by atoms with Crippen LogP contribution < -0.4 is 5.32 Å². The molecule has 0 radical (unpaired) electrons. The van der Waals surface area contributed by atoms with Crippen molar-refractivity contribution in [3.05, 3.63) is 16.1 Å². The van der Waals surface area contributed by atoms with E-state index >= 15 is 0 Å². The molecule has 2 rings (SSSR count). The van der Waals surface area contributed by atoms with E-state index in [1.54, 1.807) is 30.3 Å². The molecule has 6 nitrogen and oxygen atoms in total. The quantitative estimate of drug-likeness (QED) is 0.413. The van der Waals surface area contributed by atoms with Crippen LogP contribution in [0.2, 0.25) is 0 Å². The Morgan fingerprint density at radius 3 is 2.58 bits per heavy atom. The zero-order chi connectivity index (χ0) is 16.8. The van der Waals surface area contributed by atoms with Crippen LogP contribution in [0, 0.1) is 6.92 Å². The van der Waals surface area contributed by atoms with Crippen molar-refractivity contribution < 1.29 is 4.79 Å². The van der Waals surface area contributed by atoms with Gasteiger partial charge in [-0.1, -0.05) is 12.8 Å². The van der Waals surface area contributed by atoms with Crippen LogP contribution >= 0.6 is 35.3 Å². The first-order valence-corrected chi connectivity index (χ1v) is 8.97. The molecule has 0 aromatic carbocycles. The minimum absolute atomic E-state index is 0. The minimum atomic E-state index is 0. The Bertz CT molecular complexity index is 554. The first kappa shape index (κ1) is 21.1. The number of amides is 1. The van der Waals surface area contributed by atoms with Gasteiger partial charge in [-0.15, -0.1) is 35.3 Å². The Morgan fingerprint density at radius 2 is 2.04 bits per heavy atom. The maximum Gasteiger partial charge on any atom is 0.243 e. The highest BCUT2D eigenvalue weighted by atomic mass is 127. The predicted octanol–water partition coefficient (Wildman–Crippen LogP) is 2.48. The van der Waals surface area contributed by atoms with E-state index < -0.39 is 0 Å². The van der Waals surface area contributed by atoms with Gasteiger partial charge in [-0.05, 0) is 19.8 Å². The van der Waals surface area contributed by atoms with E-state index in [0.29, 0.717) is 12.6 Å². The SMILES string of the molecule is Cc1nc(CN(C)C(=NCC(=O)N(C)C)NC2CCCC2)cs1.I. The largest absolute Gasteiger partial charge is 0.353 e. The Hall–Kier alpha value is -0.900. The molecular weight excluding hydrogens is 437 g/mol. The number of likely N-dealkylation sites (N-methyl/N-ethyl adjacent to an activating group) is 1. The van der Waals surface area contributed by atoms with Crippen LogP contribution in [0.4, 0.5) is 0 Å². The van der Waals surface area contributed by atoms with Gasteiger partial charge >= 0.3 is 0 Å². The topological polar surface area (TPSA) is 60.8 Å². The summed E-state index contributed by atoms with van der Waals surface area (Å²) in [5.74, 6) is 0.798. The van der Waals surface area contributed by atoms with Crippen molar-refractivity contribution in [2.45, 2.75) is 45.2 Å². The van der Waals surface area contributed by atoms with E-state index in [4.69, 9.17) is 0 Å². The van der Waals surface area contributed by atoms with Crippen LogP contribution in [-0.2, 0) is 11.3 Å². The smallest absolute Gasteiger partial charge is 0.243 e. The first-order chi connectivity index (χ1) is 11.0. The summed E-state index contributed by atoms with van der Waals surface area (Å²) in [4.78, 5) is 24.5. The molecule has 0 atom stereocenters. The van der Waals surface area contributed by atoms with Gasteiger partial charge in [-0.2, -0.15) is 0 Å². The molecule has 8 heteroatoms. The van der Waals surface area contributed by atoms with Gasteiger partial charge in [0.15, 0.2) is 5.96 Å². The van der Waals surface area contributed by atoms with Crippen LogP contribution in [0.25, 0.3) is 0 Å². The standard InChI is InChI=1S/C16H27N5OS.HI/c1-12-18-14(11-23-12)10-21(4)16(17-9-15(22)20(2)3)19-13-7-5-6-8-13;/h11,13H,5-10H2,1-4H3,(H,17,19);1H. The lowest BCUT2D eigenvalue weighted by molar-refractivity contribution is -0.127. The van der Waals surface area contributed by atoms with Crippen molar-refractivity contribution in [2.24, 2.45) is 4.99 Å². The fourth-order valence-electron chi connectivity index (χ4n) is 2.61. The number of rotatable bonds is 5. The van der Waals surface area contributed by atoms with Crippen molar-refractivity contribution in [2.75, 3.05) is 27.7 Å². The molecule has 1 aliphatic rings. The van der Waals surface area contributed by atoms with Crippen LogP contribution in [0.1, 0.15) is 36.4 Å². The molecule has 1 fully saturated rings. The van der Waals surface area contributed by atoms with E-state index in [-0.39, 0.29) is 36.4 Å². The highest BCUT2D eigenvalue weighted by Gasteiger charge is 2.19. The lowest BCUT2D eigenvalue weighted by atomic mass is 10.2. The van der Waals surface area contributed by atoms with Crippen LogP contribution in [0.3, 0.4) is 0 Å². The maximum atomic E-state index is 11.8. The molecule has 136 valence electrons. The number of carbonyl (C=O) groups is 1. The fourth-order valence-corrected chi connectivity index (χ4v) is 3.22. The van der Waals surface area contributed by atoms with Crippen molar-refractivity contribution in [1.29, 1.82) is 0 Å². The second-order valence-corrected chi connectivity index (χ2v) is 7.33. The Morgan fingerprint density at radius 1 is 1.38 bits per heavy atom. The van der Waals surface area contributed by atoms with Crippen molar-refractivity contribution >= 4 is 47.2 Å². The second-order valence-electron chi connectivity index (χ2n) is 6.27. The van der Waals surface area contributed by atoms with Gasteiger partial charge in [0.05, 0.1) is 17.2 Å². The molecule has 0 saturated heterocycles. The number of halogens is 1. The first-order valence-electron chi connectivity index (χ1n) is 8.09. The molecule has 1 aromatic heterocycles. The average Bonchev–Trinajstić information content (AvgIpc) is 3.14. The Labute approximate surface area is 165 Å². The molecule has 0 bridgehead atoms. The Kier molecular flexibility index (Phi) is 8.96. The van der Waals surface area contributed by atoms with Gasteiger partial charge in [0.25, 0.3) is 0 Å². The van der Waals surface area contributed by atoms with Crippen molar-refractivity contribution in [1.82, 2.24) is 20.1 Å². The zero-order valence-corrected chi connectivity index (χ0v) is 18.1. The third kappa shape index (κ3) is 6.54. The van der Waals surface area contributed by atoms with Gasteiger partial charge in [0.1, 0.15) is 6.54 Å². The number of nitrogens with one attached hydrogen (secondary N) is 1. The number of aromatic nitrogens is 1. The number of aryl methyl sites for hydroxylation is 1. The average molecular weight is 465 g/mol. The van der Waals surface area contributed by atoms with Crippen LogP contribution in [0.5, 0.6) is 0 Å². The third-order valence-electron chi connectivity index (χ3n) is 3.98. The van der Waals surface area contributed by atoms with E-state index in [1.807, 2.05) is 14.0 Å². The molecule has 1 aliphatic carbocycles. The molecule has 0 unspecified atom stereocenters. The molecule has 1 N–H and O–H groups in total. The maximum absolute atomic E-state index is 11.8. The fraction of sp³-hybridized carbons (Fsp3) is 0.688. The summed E-state index contributed by atoms with van der Waals surface area (Å²) in [7, 11) is 5.50. The van der Waals surface area contributed by atoms with E-state index in [1.165, 1.54) is 25.7 Å². The molecular formula is C16H28IN5OS. The number of guanidine groups is 1. The number of carbonyl (C=O) groups excluding carboxylic acids is 1. The van der Waals surface area contributed by atoms with Gasteiger partial charge in [-0.3, -0.25) is 4.79 Å². The van der Waals surface area contributed by atoms with Crippen molar-refractivity contribution in [3.63, 3.8) is 0 Å². The van der Waals surface area contributed by atoms with Crippen LogP contribution in [-0.4, -0.2) is 60.4 Å². The summed E-state index contributed by atoms with van der Waals surface area (Å²) in [5, 5.41) is 6.66. The van der Waals surface area contributed by atoms with Gasteiger partial charge in [0.2, 0.25) is 5.91 Å². The monoisotopic (exact) mass is 465 g/mol. The van der Waals surface area contributed by atoms with E-state index in [2.05, 4.69) is 25.6 Å². The number of hydrogen-bond donors (Lipinski definition) is 1. The number of thiazole rings is 1. The summed E-state index contributed by atoms with van der Waals surface area (Å²) in [6.45, 7) is 2.87. The molecule has 0 spiro atoms. The molecule has 1 amide bonds. The lowest BCUT2D eigenvalue weighted by Gasteiger charge is -2.25. The van der Waals surface area contributed by atoms with Gasteiger partial charge in [0, 0.05) is 32.6 Å². The summed E-state index contributed by atoms with van der Waals surface area (Å²) in [5.41, 5.74) is 1.04. The lowest BCUT2D eigenvalue weighted by Crippen LogP contribution is -2.43. The van der Waals surface area contributed by atoms with Gasteiger partial charge < -0.3 is 15.1 Å². The summed E-state index contributed by atoms with van der Waals surface area (Å²) >= 11 is 1.65. The molecule has 1 saturated carbocycles. The third-order valence-corrected chi connectivity index (χ3v) is 4.80. The summed E-state index contributed by atoms with van der Waals surface area (Å²) in [6, 6.07) is 0.461. The van der Waals surface area contributed by atoms with Crippen molar-refractivity contribution in [3.8, 4) is 0 Å². The highest BCUT2D eigenvalue weighted by molar-refractivity contribution is 14.0. The van der Waals surface area contributed by atoms with Crippen LogP contribution in [0.15, 0.2) is 10.4 Å². The second kappa shape index (κ2) is 10.2. The molecule has 0 aliphatic heterocycles. The summed E-state index contributed by atoms with van der Waals surface area (Å²) < 4.78 is 0. The Balaban J connectivity index is 0.00000288. The van der Waals surface area contributed by atoms with E-state index in [9.17, 15) is 4.79 Å². The highest BCUT2D eigenvalue weighted by Crippen LogP contribution is 2.18. The predicted molar refractivity (Wildman–Crippen MR) is 110 cm³/mol. The van der Waals surface area contributed by atoms with Gasteiger partial charge in [-0.25, -0.2) is 9.98 Å². The number of nitrogens with zero attached hydrogens (tertiary/aromatic N) is 4. The minimum Gasteiger partial charge on any atom is -0.353 e.